The first kappa shape index (κ1) is 17.5. The molecule has 0 amide bonds. The van der Waals surface area contributed by atoms with Gasteiger partial charge in [-0.1, -0.05) is 23.2 Å². The van der Waals surface area contributed by atoms with Gasteiger partial charge in [-0.3, -0.25) is 0 Å². The van der Waals surface area contributed by atoms with Crippen LogP contribution >= 0.6 is 23.2 Å². The molecule has 8 heteroatoms. The molecule has 20 heavy (non-hydrogen) atoms. The Bertz CT molecular complexity index is 553. The van der Waals surface area contributed by atoms with Crippen LogP contribution in [0.1, 0.15) is 13.3 Å². The minimum Gasteiger partial charge on any atom is -0.398 e. The number of hydrogen-bond donors (Lipinski definition) is 2. The SMILES string of the molecule is CC(CCN(C)C)NS(=O)(=O)c1c(N)cc(Cl)cc1Cl. The van der Waals surface area contributed by atoms with Crippen LogP contribution in [0, 0.1) is 0 Å². The molecular formula is C12H19Cl2N3O2S. The van der Waals surface area contributed by atoms with E-state index in [1.165, 1.54) is 12.1 Å². The lowest BCUT2D eigenvalue weighted by atomic mass is 10.2. The van der Waals surface area contributed by atoms with Gasteiger partial charge in [-0.15, -0.1) is 0 Å². The number of anilines is 1. The van der Waals surface area contributed by atoms with Crippen molar-refractivity contribution < 1.29 is 8.42 Å². The lowest BCUT2D eigenvalue weighted by Crippen LogP contribution is -2.35. The van der Waals surface area contributed by atoms with Gasteiger partial charge in [0.25, 0.3) is 0 Å². The summed E-state index contributed by atoms with van der Waals surface area (Å²) < 4.78 is 27.2. The largest absolute Gasteiger partial charge is 0.398 e. The van der Waals surface area contributed by atoms with Crippen LogP contribution in [0.4, 0.5) is 5.69 Å². The van der Waals surface area contributed by atoms with Crippen molar-refractivity contribution in [3.8, 4) is 0 Å². The Kier molecular flexibility index (Phi) is 6.09. The normalized spacial score (nSPS) is 13.7. The van der Waals surface area contributed by atoms with E-state index in [1.807, 2.05) is 19.0 Å². The maximum atomic E-state index is 12.3. The van der Waals surface area contributed by atoms with Crippen molar-refractivity contribution >= 4 is 38.9 Å². The zero-order valence-electron chi connectivity index (χ0n) is 11.7. The third-order valence-corrected chi connectivity index (χ3v) is 5.01. The highest BCUT2D eigenvalue weighted by atomic mass is 35.5. The summed E-state index contributed by atoms with van der Waals surface area (Å²) in [5, 5.41) is 0.314. The molecule has 0 bridgehead atoms. The molecule has 1 aromatic carbocycles. The van der Waals surface area contributed by atoms with Crippen molar-refractivity contribution in [2.75, 3.05) is 26.4 Å². The van der Waals surface area contributed by atoms with E-state index in [0.717, 1.165) is 6.54 Å². The van der Waals surface area contributed by atoms with E-state index in [4.69, 9.17) is 28.9 Å². The highest BCUT2D eigenvalue weighted by Gasteiger charge is 2.23. The van der Waals surface area contributed by atoms with Gasteiger partial charge < -0.3 is 10.6 Å². The van der Waals surface area contributed by atoms with Gasteiger partial charge >= 0.3 is 0 Å². The first-order valence-electron chi connectivity index (χ1n) is 6.05. The van der Waals surface area contributed by atoms with E-state index >= 15 is 0 Å². The quantitative estimate of drug-likeness (QED) is 0.779. The molecule has 0 aliphatic heterocycles. The molecular weight excluding hydrogens is 321 g/mol. The second-order valence-corrected chi connectivity index (χ2v) is 7.41. The summed E-state index contributed by atoms with van der Waals surface area (Å²) in [6, 6.07) is 2.50. The van der Waals surface area contributed by atoms with Crippen molar-refractivity contribution in [3.05, 3.63) is 22.2 Å². The Labute approximate surface area is 130 Å². The third kappa shape index (κ3) is 4.79. The van der Waals surface area contributed by atoms with Gasteiger partial charge in [-0.05, 0) is 46.1 Å². The Morgan fingerprint density at radius 3 is 2.45 bits per heavy atom. The first-order chi connectivity index (χ1) is 9.13. The fourth-order valence-electron chi connectivity index (χ4n) is 1.70. The fourth-order valence-corrected chi connectivity index (χ4v) is 3.96. The fraction of sp³-hybridized carbons (Fsp3) is 0.500. The Morgan fingerprint density at radius 2 is 1.95 bits per heavy atom. The molecule has 0 aliphatic rings. The Hall–Kier alpha value is -0.530. The molecule has 1 unspecified atom stereocenters. The standard InChI is InChI=1S/C12H19Cl2N3O2S/c1-8(4-5-17(2)3)16-20(18,19)12-10(14)6-9(13)7-11(12)15/h6-8,16H,4-5,15H2,1-3H3. The number of benzene rings is 1. The molecule has 0 saturated heterocycles. The monoisotopic (exact) mass is 339 g/mol. The molecule has 5 nitrogen and oxygen atoms in total. The van der Waals surface area contributed by atoms with Gasteiger partial charge in [0.15, 0.2) is 0 Å². The molecule has 0 heterocycles. The summed E-state index contributed by atoms with van der Waals surface area (Å²) in [7, 11) is 0.0821. The van der Waals surface area contributed by atoms with E-state index in [2.05, 4.69) is 4.72 Å². The minimum absolute atomic E-state index is 0.0160. The van der Waals surface area contributed by atoms with Crippen molar-refractivity contribution in [1.29, 1.82) is 0 Å². The number of halogens is 2. The van der Waals surface area contributed by atoms with Crippen molar-refractivity contribution in [2.45, 2.75) is 24.3 Å². The third-order valence-electron chi connectivity index (χ3n) is 2.67. The van der Waals surface area contributed by atoms with Crippen molar-refractivity contribution in [1.82, 2.24) is 9.62 Å². The highest BCUT2D eigenvalue weighted by Crippen LogP contribution is 2.31. The predicted molar refractivity (Wildman–Crippen MR) is 83.8 cm³/mol. The van der Waals surface area contributed by atoms with E-state index in [1.54, 1.807) is 6.92 Å². The number of nitrogen functional groups attached to an aromatic ring is 1. The van der Waals surface area contributed by atoms with Gasteiger partial charge in [-0.2, -0.15) is 0 Å². The summed E-state index contributed by atoms with van der Waals surface area (Å²) in [6.45, 7) is 2.56. The molecule has 0 spiro atoms. The van der Waals surface area contributed by atoms with Crippen LogP contribution in [-0.2, 0) is 10.0 Å². The topological polar surface area (TPSA) is 75.4 Å². The average Bonchev–Trinajstić information content (AvgIpc) is 2.23. The number of nitrogens with two attached hydrogens (primary N) is 1. The molecule has 1 aromatic rings. The molecule has 0 radical (unpaired) electrons. The van der Waals surface area contributed by atoms with Gasteiger partial charge in [0.05, 0.1) is 10.7 Å². The van der Waals surface area contributed by atoms with Gasteiger partial charge in [0.2, 0.25) is 10.0 Å². The number of rotatable bonds is 6. The van der Waals surface area contributed by atoms with Crippen molar-refractivity contribution in [3.63, 3.8) is 0 Å². The average molecular weight is 340 g/mol. The Morgan fingerprint density at radius 1 is 1.35 bits per heavy atom. The number of nitrogens with one attached hydrogen (secondary N) is 1. The molecule has 0 saturated carbocycles. The maximum absolute atomic E-state index is 12.3. The maximum Gasteiger partial charge on any atom is 0.244 e. The predicted octanol–water partition coefficient (Wildman–Crippen LogP) is 2.19. The van der Waals surface area contributed by atoms with Crippen molar-refractivity contribution in [2.24, 2.45) is 0 Å². The number of sulfonamides is 1. The van der Waals surface area contributed by atoms with Crippen LogP contribution in [0.15, 0.2) is 17.0 Å². The van der Waals surface area contributed by atoms with Gasteiger partial charge in [-0.25, -0.2) is 13.1 Å². The molecule has 3 N–H and O–H groups in total. The minimum atomic E-state index is -3.77. The first-order valence-corrected chi connectivity index (χ1v) is 8.29. The lowest BCUT2D eigenvalue weighted by molar-refractivity contribution is 0.379. The molecule has 1 rings (SSSR count). The Balaban J connectivity index is 2.95. The smallest absolute Gasteiger partial charge is 0.244 e. The number of nitrogens with zero attached hydrogens (tertiary/aromatic N) is 1. The summed E-state index contributed by atoms with van der Waals surface area (Å²) in [5.74, 6) is 0. The van der Waals surface area contributed by atoms with E-state index in [0.29, 0.717) is 11.4 Å². The van der Waals surface area contributed by atoms with Crippen LogP contribution in [0.5, 0.6) is 0 Å². The zero-order chi connectivity index (χ0) is 15.5. The van der Waals surface area contributed by atoms with Gasteiger partial charge in [0, 0.05) is 11.1 Å². The summed E-state index contributed by atoms with van der Waals surface area (Å²) >= 11 is 11.7. The molecule has 0 aromatic heterocycles. The van der Waals surface area contributed by atoms with Crippen LogP contribution in [-0.4, -0.2) is 40.0 Å². The van der Waals surface area contributed by atoms with Crippen LogP contribution in [0.3, 0.4) is 0 Å². The molecule has 0 fully saturated rings. The molecule has 1 atom stereocenters. The van der Waals surface area contributed by atoms with E-state index in [9.17, 15) is 8.42 Å². The second kappa shape index (κ2) is 6.95. The van der Waals surface area contributed by atoms with Crippen LogP contribution in [0.25, 0.3) is 0 Å². The van der Waals surface area contributed by atoms with Gasteiger partial charge in [0.1, 0.15) is 4.90 Å². The zero-order valence-corrected chi connectivity index (χ0v) is 14.0. The summed E-state index contributed by atoms with van der Waals surface area (Å²) in [6.07, 6.45) is 0.678. The van der Waals surface area contributed by atoms with E-state index in [-0.39, 0.29) is 21.6 Å². The van der Waals surface area contributed by atoms with Crippen LogP contribution < -0.4 is 10.5 Å². The number of hydrogen-bond acceptors (Lipinski definition) is 4. The summed E-state index contributed by atoms with van der Waals surface area (Å²) in [4.78, 5) is 1.86. The molecule has 114 valence electrons. The van der Waals surface area contributed by atoms with E-state index < -0.39 is 10.0 Å². The van der Waals surface area contributed by atoms with Crippen LogP contribution in [0.2, 0.25) is 10.0 Å². The summed E-state index contributed by atoms with van der Waals surface area (Å²) in [5.41, 5.74) is 5.75. The lowest BCUT2D eigenvalue weighted by Gasteiger charge is -2.18. The highest BCUT2D eigenvalue weighted by molar-refractivity contribution is 7.89. The molecule has 0 aliphatic carbocycles. The second-order valence-electron chi connectivity index (χ2n) is 4.92.